The minimum atomic E-state index is 0.198. The number of aromatic nitrogens is 1. The molecule has 0 saturated carbocycles. The highest BCUT2D eigenvalue weighted by atomic mass is 79.9. The standard InChI is InChI=1S/C18H16BrN3OS/c1-24-17-6-11(9-20)2-3-12(17)7-14-15(4-5-16(14)23)22-13-8-18(19)21-10-13/h2-3,6,8,10,21-22H,4-5,7H2,1H3. The Hall–Kier alpha value is -1.97. The molecule has 0 radical (unpaired) electrons. The molecule has 1 aromatic heterocycles. The maximum atomic E-state index is 12.3. The number of anilines is 1. The van der Waals surface area contributed by atoms with Gasteiger partial charge in [0, 0.05) is 35.2 Å². The van der Waals surface area contributed by atoms with Crippen molar-refractivity contribution in [2.75, 3.05) is 11.6 Å². The fourth-order valence-corrected chi connectivity index (χ4v) is 3.82. The lowest BCUT2D eigenvalue weighted by atomic mass is 10.0. The molecular formula is C18H16BrN3OS. The number of aromatic amines is 1. The number of hydrogen-bond donors (Lipinski definition) is 2. The van der Waals surface area contributed by atoms with Crippen LogP contribution in [0.5, 0.6) is 0 Å². The second kappa shape index (κ2) is 7.29. The molecule has 0 saturated heterocycles. The van der Waals surface area contributed by atoms with Gasteiger partial charge in [-0.05, 0) is 52.4 Å². The number of carbonyl (C=O) groups is 1. The molecule has 122 valence electrons. The molecule has 4 nitrogen and oxygen atoms in total. The monoisotopic (exact) mass is 401 g/mol. The summed E-state index contributed by atoms with van der Waals surface area (Å²) in [5.74, 6) is 0.198. The average molecular weight is 402 g/mol. The van der Waals surface area contributed by atoms with E-state index in [1.165, 1.54) is 0 Å². The molecule has 3 rings (SSSR count). The van der Waals surface area contributed by atoms with Crippen molar-refractivity contribution in [1.29, 1.82) is 5.26 Å². The van der Waals surface area contributed by atoms with Crippen LogP contribution < -0.4 is 5.32 Å². The van der Waals surface area contributed by atoms with Crippen molar-refractivity contribution in [3.8, 4) is 6.07 Å². The molecule has 1 aliphatic rings. The number of halogens is 1. The number of ketones is 1. The molecule has 1 heterocycles. The Kier molecular flexibility index (Phi) is 5.12. The summed E-state index contributed by atoms with van der Waals surface area (Å²) in [7, 11) is 0. The van der Waals surface area contributed by atoms with Gasteiger partial charge >= 0.3 is 0 Å². The third-order valence-electron chi connectivity index (χ3n) is 4.03. The highest BCUT2D eigenvalue weighted by molar-refractivity contribution is 9.10. The van der Waals surface area contributed by atoms with Crippen LogP contribution in [0.3, 0.4) is 0 Å². The van der Waals surface area contributed by atoms with E-state index in [9.17, 15) is 4.79 Å². The Bertz CT molecular complexity index is 863. The van der Waals surface area contributed by atoms with Crippen molar-refractivity contribution in [2.45, 2.75) is 24.2 Å². The van der Waals surface area contributed by atoms with Gasteiger partial charge in [0.05, 0.1) is 21.9 Å². The Balaban J connectivity index is 1.89. The van der Waals surface area contributed by atoms with Crippen LogP contribution in [0.1, 0.15) is 24.0 Å². The van der Waals surface area contributed by atoms with Crippen LogP contribution in [-0.4, -0.2) is 17.0 Å². The van der Waals surface area contributed by atoms with Crippen LogP contribution in [0, 0.1) is 11.3 Å². The average Bonchev–Trinajstić information content (AvgIpc) is 3.15. The lowest BCUT2D eigenvalue weighted by Gasteiger charge is -2.11. The van der Waals surface area contributed by atoms with Gasteiger partial charge in [-0.25, -0.2) is 0 Å². The van der Waals surface area contributed by atoms with Crippen molar-refractivity contribution in [3.05, 3.63) is 57.5 Å². The fourth-order valence-electron chi connectivity index (χ4n) is 2.82. The normalized spacial score (nSPS) is 14.1. The van der Waals surface area contributed by atoms with Gasteiger partial charge in [-0.3, -0.25) is 4.79 Å². The molecule has 6 heteroatoms. The number of allylic oxidation sites excluding steroid dienone is 2. The first-order valence-electron chi connectivity index (χ1n) is 7.54. The molecule has 0 aliphatic heterocycles. The molecule has 0 atom stereocenters. The zero-order valence-corrected chi connectivity index (χ0v) is 15.6. The van der Waals surface area contributed by atoms with Gasteiger partial charge < -0.3 is 10.3 Å². The van der Waals surface area contributed by atoms with Crippen molar-refractivity contribution < 1.29 is 4.79 Å². The topological polar surface area (TPSA) is 68.7 Å². The molecule has 0 bridgehead atoms. The molecule has 0 fully saturated rings. The SMILES string of the molecule is CSc1cc(C#N)ccc1CC1=C(Nc2c[nH]c(Br)c2)CCC1=O. The number of nitriles is 1. The largest absolute Gasteiger partial charge is 0.357 e. The second-order valence-corrected chi connectivity index (χ2v) is 7.26. The minimum Gasteiger partial charge on any atom is -0.357 e. The maximum Gasteiger partial charge on any atom is 0.161 e. The number of carbonyl (C=O) groups excluding carboxylic acids is 1. The number of benzene rings is 1. The van der Waals surface area contributed by atoms with Gasteiger partial charge in [0.25, 0.3) is 0 Å². The smallest absolute Gasteiger partial charge is 0.161 e. The van der Waals surface area contributed by atoms with Crippen LogP contribution in [0.15, 0.2) is 51.2 Å². The molecule has 1 aromatic carbocycles. The Morgan fingerprint density at radius 3 is 2.88 bits per heavy atom. The van der Waals surface area contributed by atoms with Gasteiger partial charge in [-0.1, -0.05) is 6.07 Å². The highest BCUT2D eigenvalue weighted by Gasteiger charge is 2.24. The number of thioether (sulfide) groups is 1. The third kappa shape index (κ3) is 3.58. The van der Waals surface area contributed by atoms with Gasteiger partial charge in [0.2, 0.25) is 0 Å². The number of hydrogen-bond acceptors (Lipinski definition) is 4. The first-order chi connectivity index (χ1) is 11.6. The molecule has 2 N–H and O–H groups in total. The van der Waals surface area contributed by atoms with Crippen molar-refractivity contribution in [1.82, 2.24) is 4.98 Å². The summed E-state index contributed by atoms with van der Waals surface area (Å²) >= 11 is 4.99. The number of nitrogens with zero attached hydrogens (tertiary/aromatic N) is 1. The Labute approximate surface area is 153 Å². The van der Waals surface area contributed by atoms with Crippen LogP contribution in [0.25, 0.3) is 0 Å². The van der Waals surface area contributed by atoms with Crippen LogP contribution >= 0.6 is 27.7 Å². The van der Waals surface area contributed by atoms with E-state index < -0.39 is 0 Å². The molecule has 0 unspecified atom stereocenters. The van der Waals surface area contributed by atoms with Gasteiger partial charge in [-0.2, -0.15) is 5.26 Å². The van der Waals surface area contributed by atoms with Crippen molar-refractivity contribution in [2.24, 2.45) is 0 Å². The third-order valence-corrected chi connectivity index (χ3v) is 5.31. The number of Topliss-reactive ketones (excluding diaryl/α,β-unsaturated/α-hetero) is 1. The summed E-state index contributed by atoms with van der Waals surface area (Å²) in [4.78, 5) is 16.4. The van der Waals surface area contributed by atoms with Crippen LogP contribution in [0.2, 0.25) is 0 Å². The zero-order valence-electron chi connectivity index (χ0n) is 13.1. The minimum absolute atomic E-state index is 0.198. The van der Waals surface area contributed by atoms with E-state index in [1.54, 1.807) is 11.8 Å². The Morgan fingerprint density at radius 2 is 2.21 bits per heavy atom. The quantitative estimate of drug-likeness (QED) is 0.715. The zero-order chi connectivity index (χ0) is 17.1. The molecule has 0 spiro atoms. The summed E-state index contributed by atoms with van der Waals surface area (Å²) in [6.45, 7) is 0. The van der Waals surface area contributed by atoms with Gasteiger partial charge in [0.1, 0.15) is 0 Å². The van der Waals surface area contributed by atoms with E-state index in [0.717, 1.165) is 38.4 Å². The van der Waals surface area contributed by atoms with Gasteiger partial charge in [-0.15, -0.1) is 11.8 Å². The molecule has 24 heavy (non-hydrogen) atoms. The molecule has 2 aromatic rings. The molecular weight excluding hydrogens is 386 g/mol. The van der Waals surface area contributed by atoms with Gasteiger partial charge in [0.15, 0.2) is 5.78 Å². The molecule has 1 aliphatic carbocycles. The predicted octanol–water partition coefficient (Wildman–Crippen LogP) is 4.64. The fraction of sp³-hybridized carbons (Fsp3) is 0.222. The van der Waals surface area contributed by atoms with Crippen molar-refractivity contribution in [3.63, 3.8) is 0 Å². The molecule has 0 amide bonds. The van der Waals surface area contributed by atoms with E-state index >= 15 is 0 Å². The summed E-state index contributed by atoms with van der Waals surface area (Å²) in [6, 6.07) is 9.76. The lowest BCUT2D eigenvalue weighted by Crippen LogP contribution is -2.05. The second-order valence-electron chi connectivity index (χ2n) is 5.56. The highest BCUT2D eigenvalue weighted by Crippen LogP contribution is 2.31. The summed E-state index contributed by atoms with van der Waals surface area (Å²) in [5.41, 5.74) is 4.50. The van der Waals surface area contributed by atoms with Crippen LogP contribution in [-0.2, 0) is 11.2 Å². The van der Waals surface area contributed by atoms with E-state index in [4.69, 9.17) is 5.26 Å². The lowest BCUT2D eigenvalue weighted by molar-refractivity contribution is -0.115. The Morgan fingerprint density at radius 1 is 1.38 bits per heavy atom. The van der Waals surface area contributed by atoms with Crippen LogP contribution in [0.4, 0.5) is 5.69 Å². The number of rotatable bonds is 5. The summed E-state index contributed by atoms with van der Waals surface area (Å²) in [5, 5.41) is 12.4. The first kappa shape index (κ1) is 16.9. The summed E-state index contributed by atoms with van der Waals surface area (Å²) < 4.78 is 0.897. The van der Waals surface area contributed by atoms with E-state index in [0.29, 0.717) is 18.4 Å². The summed E-state index contributed by atoms with van der Waals surface area (Å²) in [6.07, 6.45) is 5.73. The number of H-pyrrole nitrogens is 1. The first-order valence-corrected chi connectivity index (χ1v) is 9.55. The van der Waals surface area contributed by atoms with Crippen molar-refractivity contribution >= 4 is 39.2 Å². The number of nitrogens with one attached hydrogen (secondary N) is 2. The van der Waals surface area contributed by atoms with E-state index in [2.05, 4.69) is 32.3 Å². The predicted molar refractivity (Wildman–Crippen MR) is 100 cm³/mol. The maximum absolute atomic E-state index is 12.3. The van der Waals surface area contributed by atoms with E-state index in [1.807, 2.05) is 36.7 Å². The van der Waals surface area contributed by atoms with E-state index in [-0.39, 0.29) is 5.78 Å².